The minimum Gasteiger partial charge on any atom is -0.257 e. The van der Waals surface area contributed by atoms with Crippen molar-refractivity contribution >= 4 is 21.6 Å². The lowest BCUT2D eigenvalue weighted by atomic mass is 9.75. The summed E-state index contributed by atoms with van der Waals surface area (Å²) >= 11 is 5.82. The van der Waals surface area contributed by atoms with E-state index < -0.39 is 40.0 Å². The summed E-state index contributed by atoms with van der Waals surface area (Å²) in [5.74, 6) is -3.57. The third kappa shape index (κ3) is 2.31. The van der Waals surface area contributed by atoms with Gasteiger partial charge in [-0.2, -0.15) is 4.31 Å². The first-order valence-electron chi connectivity index (χ1n) is 7.99. The van der Waals surface area contributed by atoms with Gasteiger partial charge >= 0.3 is 0 Å². The molecule has 3 fully saturated rings. The standard InChI is InChI=1S/C15H18ClF2N3O2S/c16-9-4-6-10(7-5-9)24(22,23)21-12-2-1-3-13(21)15(17,18)14-11(12)8-19-20-14/h4-7,11-14,19-20H,1-3,8H2. The van der Waals surface area contributed by atoms with Crippen LogP contribution in [0.4, 0.5) is 8.78 Å². The van der Waals surface area contributed by atoms with Crippen LogP contribution in [0.25, 0.3) is 0 Å². The van der Waals surface area contributed by atoms with E-state index in [-0.39, 0.29) is 11.3 Å². The smallest absolute Gasteiger partial charge is 0.257 e. The fourth-order valence-electron chi connectivity index (χ4n) is 4.30. The molecule has 24 heavy (non-hydrogen) atoms. The Kier molecular flexibility index (Phi) is 3.89. The molecule has 3 aliphatic heterocycles. The van der Waals surface area contributed by atoms with Crippen molar-refractivity contribution in [2.45, 2.75) is 48.2 Å². The highest BCUT2D eigenvalue weighted by Crippen LogP contribution is 2.48. The normalized spacial score (nSPS) is 35.6. The second kappa shape index (κ2) is 5.60. The lowest BCUT2D eigenvalue weighted by Crippen LogP contribution is -2.71. The van der Waals surface area contributed by atoms with Crippen LogP contribution in [0.2, 0.25) is 5.02 Å². The van der Waals surface area contributed by atoms with Crippen molar-refractivity contribution in [1.82, 2.24) is 15.2 Å². The van der Waals surface area contributed by atoms with Crippen molar-refractivity contribution < 1.29 is 17.2 Å². The molecule has 3 aliphatic rings. The number of nitrogens with one attached hydrogen (secondary N) is 2. The maximum Gasteiger partial charge on any atom is 0.281 e. The molecule has 3 heterocycles. The van der Waals surface area contributed by atoms with Crippen LogP contribution in [0.3, 0.4) is 0 Å². The summed E-state index contributed by atoms with van der Waals surface area (Å²) in [6.07, 6.45) is 1.38. The number of alkyl halides is 2. The Hall–Kier alpha value is -0.800. The van der Waals surface area contributed by atoms with Crippen LogP contribution in [0.15, 0.2) is 29.2 Å². The van der Waals surface area contributed by atoms with Gasteiger partial charge in [0.2, 0.25) is 10.0 Å². The van der Waals surface area contributed by atoms with E-state index in [1.807, 2.05) is 0 Å². The van der Waals surface area contributed by atoms with Gasteiger partial charge in [-0.05, 0) is 37.1 Å². The Morgan fingerprint density at radius 2 is 1.92 bits per heavy atom. The number of sulfonamides is 1. The van der Waals surface area contributed by atoms with Crippen molar-refractivity contribution in [2.24, 2.45) is 5.92 Å². The van der Waals surface area contributed by atoms with Gasteiger partial charge in [0.05, 0.1) is 17.0 Å². The van der Waals surface area contributed by atoms with Gasteiger partial charge in [-0.25, -0.2) is 22.6 Å². The van der Waals surface area contributed by atoms with E-state index in [1.54, 1.807) is 0 Å². The number of fused-ring (bicyclic) bond motifs is 4. The maximum atomic E-state index is 15.0. The van der Waals surface area contributed by atoms with Gasteiger partial charge in [0.1, 0.15) is 0 Å². The van der Waals surface area contributed by atoms with E-state index in [0.717, 1.165) is 4.31 Å². The van der Waals surface area contributed by atoms with Gasteiger partial charge in [0.15, 0.2) is 0 Å². The molecule has 1 aromatic carbocycles. The first-order chi connectivity index (χ1) is 11.3. The monoisotopic (exact) mass is 377 g/mol. The maximum absolute atomic E-state index is 15.0. The molecule has 2 N–H and O–H groups in total. The summed E-state index contributed by atoms with van der Waals surface area (Å²) in [6, 6.07) is 2.93. The van der Waals surface area contributed by atoms with Gasteiger partial charge in [-0.3, -0.25) is 5.43 Å². The molecule has 0 aliphatic carbocycles. The molecule has 4 atom stereocenters. The first kappa shape index (κ1) is 16.7. The summed E-state index contributed by atoms with van der Waals surface area (Å²) in [6.45, 7) is 0.338. The van der Waals surface area contributed by atoms with Gasteiger partial charge in [-0.15, -0.1) is 0 Å². The lowest BCUT2D eigenvalue weighted by molar-refractivity contribution is -0.153. The highest BCUT2D eigenvalue weighted by molar-refractivity contribution is 7.89. The molecule has 0 radical (unpaired) electrons. The zero-order valence-corrected chi connectivity index (χ0v) is 14.3. The highest BCUT2D eigenvalue weighted by atomic mass is 35.5. The predicted octanol–water partition coefficient (Wildman–Crippen LogP) is 1.99. The Bertz CT molecular complexity index is 744. The van der Waals surface area contributed by atoms with E-state index in [9.17, 15) is 17.2 Å². The van der Waals surface area contributed by atoms with Crippen molar-refractivity contribution in [3.63, 3.8) is 0 Å². The second-order valence-electron chi connectivity index (χ2n) is 6.64. The minimum absolute atomic E-state index is 0.0111. The van der Waals surface area contributed by atoms with Gasteiger partial charge < -0.3 is 0 Å². The van der Waals surface area contributed by atoms with Crippen LogP contribution in [0.5, 0.6) is 0 Å². The molecule has 132 valence electrons. The van der Waals surface area contributed by atoms with Gasteiger partial charge in [0.25, 0.3) is 5.92 Å². The molecule has 5 nitrogen and oxygen atoms in total. The SMILES string of the molecule is O=S(=O)(c1ccc(Cl)cc1)N1C2CCCC1C(F)(F)C1NNCC21. The highest BCUT2D eigenvalue weighted by Gasteiger charge is 2.65. The van der Waals surface area contributed by atoms with Crippen LogP contribution < -0.4 is 10.9 Å². The quantitative estimate of drug-likeness (QED) is 0.827. The van der Waals surface area contributed by atoms with E-state index in [2.05, 4.69) is 10.9 Å². The van der Waals surface area contributed by atoms with E-state index in [4.69, 9.17) is 11.6 Å². The van der Waals surface area contributed by atoms with E-state index in [1.165, 1.54) is 24.3 Å². The summed E-state index contributed by atoms with van der Waals surface area (Å²) in [7, 11) is -4.01. The molecule has 4 rings (SSSR count). The van der Waals surface area contributed by atoms with Crippen LogP contribution in [-0.4, -0.2) is 43.3 Å². The molecule has 3 saturated heterocycles. The number of halogens is 3. The van der Waals surface area contributed by atoms with Crippen LogP contribution >= 0.6 is 11.6 Å². The zero-order chi connectivity index (χ0) is 17.1. The third-order valence-corrected chi connectivity index (χ3v) is 7.58. The molecule has 4 unspecified atom stereocenters. The molecule has 0 amide bonds. The fraction of sp³-hybridized carbons (Fsp3) is 0.600. The predicted molar refractivity (Wildman–Crippen MR) is 85.3 cm³/mol. The van der Waals surface area contributed by atoms with Gasteiger partial charge in [0, 0.05) is 23.5 Å². The number of hydrogen-bond donors (Lipinski definition) is 2. The van der Waals surface area contributed by atoms with Crippen molar-refractivity contribution in [1.29, 1.82) is 0 Å². The Morgan fingerprint density at radius 3 is 2.62 bits per heavy atom. The topological polar surface area (TPSA) is 61.4 Å². The van der Waals surface area contributed by atoms with Crippen LogP contribution in [0, 0.1) is 5.92 Å². The average Bonchev–Trinajstić information content (AvgIpc) is 3.04. The van der Waals surface area contributed by atoms with Crippen LogP contribution in [0.1, 0.15) is 19.3 Å². The van der Waals surface area contributed by atoms with E-state index >= 15 is 0 Å². The zero-order valence-electron chi connectivity index (χ0n) is 12.8. The first-order valence-corrected chi connectivity index (χ1v) is 9.80. The molecular formula is C15H18ClF2N3O2S. The lowest BCUT2D eigenvalue weighted by Gasteiger charge is -2.53. The molecule has 2 bridgehead atoms. The van der Waals surface area contributed by atoms with E-state index in [0.29, 0.717) is 24.4 Å². The molecule has 0 spiro atoms. The fourth-order valence-corrected chi connectivity index (χ4v) is 6.35. The Balaban J connectivity index is 1.80. The number of piperidine rings is 2. The second-order valence-corrected chi connectivity index (χ2v) is 8.92. The minimum atomic E-state index is -4.01. The molecule has 0 saturated carbocycles. The Morgan fingerprint density at radius 1 is 1.21 bits per heavy atom. The van der Waals surface area contributed by atoms with Gasteiger partial charge in [-0.1, -0.05) is 18.0 Å². The third-order valence-electron chi connectivity index (χ3n) is 5.38. The number of hydrazine groups is 1. The summed E-state index contributed by atoms with van der Waals surface area (Å²) in [5, 5.41) is 0.405. The Labute approximate surface area is 144 Å². The molecule has 0 aromatic heterocycles. The number of nitrogens with zero attached hydrogens (tertiary/aromatic N) is 1. The number of rotatable bonds is 2. The average molecular weight is 378 g/mol. The van der Waals surface area contributed by atoms with Crippen molar-refractivity contribution in [2.75, 3.05) is 6.54 Å². The summed E-state index contributed by atoms with van der Waals surface area (Å²) < 4.78 is 57.2. The van der Waals surface area contributed by atoms with Crippen LogP contribution in [-0.2, 0) is 10.0 Å². The largest absolute Gasteiger partial charge is 0.281 e. The molecule has 1 aromatic rings. The molecule has 9 heteroatoms. The van der Waals surface area contributed by atoms with Crippen molar-refractivity contribution in [3.8, 4) is 0 Å². The summed E-state index contributed by atoms with van der Waals surface area (Å²) in [5.41, 5.74) is 5.44. The summed E-state index contributed by atoms with van der Waals surface area (Å²) in [4.78, 5) is 0.0111. The van der Waals surface area contributed by atoms with Crippen molar-refractivity contribution in [3.05, 3.63) is 29.3 Å². The molecular weight excluding hydrogens is 360 g/mol. The number of benzene rings is 1. The number of hydrogen-bond acceptors (Lipinski definition) is 4.